The zero-order valence-corrected chi connectivity index (χ0v) is 14.2. The molecule has 0 aromatic carbocycles. The molecule has 2 fully saturated rings. The van der Waals surface area contributed by atoms with Crippen LogP contribution < -0.4 is 5.56 Å². The molecule has 1 aromatic rings. The molecule has 2 saturated heterocycles. The Morgan fingerprint density at radius 3 is 3.04 bits per heavy atom. The zero-order valence-electron chi connectivity index (χ0n) is 14.2. The molecule has 3 heterocycles. The third-order valence-corrected chi connectivity index (χ3v) is 4.96. The van der Waals surface area contributed by atoms with Crippen molar-refractivity contribution in [2.45, 2.75) is 12.5 Å². The first-order valence-corrected chi connectivity index (χ1v) is 8.50. The summed E-state index contributed by atoms with van der Waals surface area (Å²) >= 11 is 0. The van der Waals surface area contributed by atoms with Crippen LogP contribution in [0.1, 0.15) is 16.8 Å². The topological polar surface area (TPSA) is 54.8 Å². The van der Waals surface area contributed by atoms with Crippen LogP contribution in [0.4, 0.5) is 0 Å². The molecule has 6 heteroatoms. The molecule has 0 bridgehead atoms. The van der Waals surface area contributed by atoms with E-state index in [1.165, 1.54) is 4.57 Å². The van der Waals surface area contributed by atoms with Crippen LogP contribution in [-0.2, 0) is 11.8 Å². The lowest BCUT2D eigenvalue weighted by molar-refractivity contribution is -0.0171. The number of carbonyl (C=O) groups is 1. The van der Waals surface area contributed by atoms with E-state index < -0.39 is 0 Å². The highest BCUT2D eigenvalue weighted by atomic mass is 16.5. The van der Waals surface area contributed by atoms with Crippen molar-refractivity contribution in [2.75, 3.05) is 39.3 Å². The van der Waals surface area contributed by atoms with E-state index >= 15 is 0 Å². The molecule has 2 atom stereocenters. The van der Waals surface area contributed by atoms with E-state index in [1.807, 2.05) is 6.08 Å². The number of pyridine rings is 1. The van der Waals surface area contributed by atoms with Gasteiger partial charge in [0, 0.05) is 51.9 Å². The Kier molecular flexibility index (Phi) is 5.16. The number of amides is 1. The van der Waals surface area contributed by atoms with Crippen molar-refractivity contribution < 1.29 is 9.53 Å². The Bertz CT molecular complexity index is 670. The molecule has 130 valence electrons. The van der Waals surface area contributed by atoms with Gasteiger partial charge in [0.1, 0.15) is 5.56 Å². The van der Waals surface area contributed by atoms with Gasteiger partial charge in [-0.15, -0.1) is 6.58 Å². The number of nitrogens with zero attached hydrogens (tertiary/aromatic N) is 3. The molecule has 0 radical (unpaired) electrons. The van der Waals surface area contributed by atoms with Gasteiger partial charge >= 0.3 is 0 Å². The lowest BCUT2D eigenvalue weighted by Crippen LogP contribution is -2.50. The number of piperidine rings is 1. The van der Waals surface area contributed by atoms with Gasteiger partial charge in [0.2, 0.25) is 0 Å². The maximum Gasteiger partial charge on any atom is 0.263 e. The van der Waals surface area contributed by atoms with Gasteiger partial charge in [0.05, 0.1) is 12.7 Å². The van der Waals surface area contributed by atoms with E-state index in [0.717, 1.165) is 26.1 Å². The molecule has 3 rings (SSSR count). The fourth-order valence-corrected chi connectivity index (χ4v) is 3.58. The summed E-state index contributed by atoms with van der Waals surface area (Å²) in [5.74, 6) is 0.237. The number of carbonyl (C=O) groups excluding carboxylic acids is 1. The summed E-state index contributed by atoms with van der Waals surface area (Å²) in [4.78, 5) is 29.0. The van der Waals surface area contributed by atoms with Crippen molar-refractivity contribution in [1.82, 2.24) is 14.4 Å². The normalized spacial score (nSPS) is 25.0. The van der Waals surface area contributed by atoms with Crippen LogP contribution in [0, 0.1) is 5.92 Å². The predicted octanol–water partition coefficient (Wildman–Crippen LogP) is 0.734. The smallest absolute Gasteiger partial charge is 0.263 e. The van der Waals surface area contributed by atoms with Gasteiger partial charge in [-0.2, -0.15) is 0 Å². The molecule has 0 spiro atoms. The molecule has 1 aromatic heterocycles. The highest BCUT2D eigenvalue weighted by Gasteiger charge is 2.35. The minimum Gasteiger partial charge on any atom is -0.375 e. The largest absolute Gasteiger partial charge is 0.375 e. The summed E-state index contributed by atoms with van der Waals surface area (Å²) in [5, 5.41) is 0. The lowest BCUT2D eigenvalue weighted by Gasteiger charge is -2.38. The van der Waals surface area contributed by atoms with Crippen LogP contribution >= 0.6 is 0 Å². The average molecular weight is 331 g/mol. The van der Waals surface area contributed by atoms with E-state index in [0.29, 0.717) is 25.6 Å². The Labute approximate surface area is 142 Å². The number of hydrogen-bond acceptors (Lipinski definition) is 4. The minimum absolute atomic E-state index is 0.0464. The monoisotopic (exact) mass is 331 g/mol. The standard InChI is InChI=1S/C18H25N3O3/c1-3-7-20-10-11-24-16-13-21(9-6-14(16)12-20)18(23)15-5-4-8-19(2)17(15)22/h3-5,8,14,16H,1,6-7,9-13H2,2H3. The van der Waals surface area contributed by atoms with Crippen molar-refractivity contribution >= 4 is 5.91 Å². The first kappa shape index (κ1) is 16.9. The molecule has 24 heavy (non-hydrogen) atoms. The molecule has 6 nitrogen and oxygen atoms in total. The quantitative estimate of drug-likeness (QED) is 0.767. The van der Waals surface area contributed by atoms with Crippen molar-refractivity contribution in [3.8, 4) is 0 Å². The third-order valence-electron chi connectivity index (χ3n) is 4.96. The van der Waals surface area contributed by atoms with Gasteiger partial charge < -0.3 is 14.2 Å². The zero-order chi connectivity index (χ0) is 17.1. The fourth-order valence-electron chi connectivity index (χ4n) is 3.58. The van der Waals surface area contributed by atoms with Gasteiger partial charge in [-0.05, 0) is 18.6 Å². The highest BCUT2D eigenvalue weighted by Crippen LogP contribution is 2.24. The maximum atomic E-state index is 12.7. The Balaban J connectivity index is 1.70. The van der Waals surface area contributed by atoms with Crippen molar-refractivity contribution in [1.29, 1.82) is 0 Å². The van der Waals surface area contributed by atoms with Crippen molar-refractivity contribution in [3.05, 3.63) is 46.9 Å². The Morgan fingerprint density at radius 2 is 2.25 bits per heavy atom. The SMILES string of the molecule is C=CCN1CCOC2CN(C(=O)c3cccn(C)c3=O)CCC2C1. The first-order valence-electron chi connectivity index (χ1n) is 8.50. The fraction of sp³-hybridized carbons (Fsp3) is 0.556. The number of hydrogen-bond donors (Lipinski definition) is 0. The number of rotatable bonds is 3. The number of likely N-dealkylation sites (tertiary alicyclic amines) is 1. The molecule has 2 unspecified atom stereocenters. The maximum absolute atomic E-state index is 12.7. The van der Waals surface area contributed by atoms with Crippen LogP contribution in [0.15, 0.2) is 35.8 Å². The minimum atomic E-state index is -0.247. The summed E-state index contributed by atoms with van der Waals surface area (Å²) in [5.41, 5.74) is -0.0103. The van der Waals surface area contributed by atoms with Gasteiger partial charge in [0.15, 0.2) is 0 Å². The van der Waals surface area contributed by atoms with E-state index in [2.05, 4.69) is 11.5 Å². The van der Waals surface area contributed by atoms with E-state index in [9.17, 15) is 9.59 Å². The van der Waals surface area contributed by atoms with Gasteiger partial charge in [-0.3, -0.25) is 14.5 Å². The van der Waals surface area contributed by atoms with Crippen LogP contribution in [0.3, 0.4) is 0 Å². The second-order valence-corrected chi connectivity index (χ2v) is 6.60. The van der Waals surface area contributed by atoms with Gasteiger partial charge in [0.25, 0.3) is 11.5 Å². The van der Waals surface area contributed by atoms with E-state index in [-0.39, 0.29) is 23.1 Å². The highest BCUT2D eigenvalue weighted by molar-refractivity contribution is 5.93. The van der Waals surface area contributed by atoms with Crippen molar-refractivity contribution in [3.63, 3.8) is 0 Å². The summed E-state index contributed by atoms with van der Waals surface area (Å²) < 4.78 is 7.44. The molecular formula is C18H25N3O3. The first-order chi connectivity index (χ1) is 11.6. The third kappa shape index (κ3) is 3.44. The van der Waals surface area contributed by atoms with Gasteiger partial charge in [-0.1, -0.05) is 6.08 Å². The summed E-state index contributed by atoms with van der Waals surface area (Å²) in [6.07, 6.45) is 4.53. The summed E-state index contributed by atoms with van der Waals surface area (Å²) in [6.45, 7) is 8.45. The van der Waals surface area contributed by atoms with Crippen molar-refractivity contribution in [2.24, 2.45) is 13.0 Å². The molecule has 2 aliphatic heterocycles. The Morgan fingerprint density at radius 1 is 1.42 bits per heavy atom. The molecule has 0 aliphatic carbocycles. The summed E-state index contributed by atoms with van der Waals surface area (Å²) in [7, 11) is 1.66. The average Bonchev–Trinajstić information content (AvgIpc) is 2.78. The number of ether oxygens (including phenoxy) is 1. The van der Waals surface area contributed by atoms with Crippen LogP contribution in [-0.4, -0.2) is 65.7 Å². The molecule has 0 N–H and O–H groups in total. The van der Waals surface area contributed by atoms with Gasteiger partial charge in [-0.25, -0.2) is 0 Å². The molecule has 0 saturated carbocycles. The second kappa shape index (κ2) is 7.32. The summed E-state index contributed by atoms with van der Waals surface area (Å²) in [6, 6.07) is 3.34. The number of aryl methyl sites for hydroxylation is 1. The van der Waals surface area contributed by atoms with Crippen LogP contribution in [0.2, 0.25) is 0 Å². The molecule has 1 amide bonds. The number of aromatic nitrogens is 1. The Hall–Kier alpha value is -1.92. The second-order valence-electron chi connectivity index (χ2n) is 6.60. The number of fused-ring (bicyclic) bond motifs is 1. The molecule has 2 aliphatic rings. The van der Waals surface area contributed by atoms with Crippen LogP contribution in [0.25, 0.3) is 0 Å². The molecular weight excluding hydrogens is 306 g/mol. The van der Waals surface area contributed by atoms with E-state index in [4.69, 9.17) is 4.74 Å². The predicted molar refractivity (Wildman–Crippen MR) is 92.1 cm³/mol. The lowest BCUT2D eigenvalue weighted by atomic mass is 9.93. The van der Waals surface area contributed by atoms with Crippen LogP contribution in [0.5, 0.6) is 0 Å². The van der Waals surface area contributed by atoms with E-state index in [1.54, 1.807) is 30.3 Å².